The molecule has 2 atom stereocenters. The summed E-state index contributed by atoms with van der Waals surface area (Å²) in [5.74, 6) is -0.726. The van der Waals surface area contributed by atoms with Crippen molar-refractivity contribution in [1.82, 2.24) is 4.98 Å². The molecule has 3 heterocycles. The number of primary amides is 1. The third kappa shape index (κ3) is 2.33. The molecule has 0 spiro atoms. The minimum absolute atomic E-state index is 0.0218. The number of H-pyrrole nitrogens is 1. The van der Waals surface area contributed by atoms with Crippen LogP contribution in [0.4, 0.5) is 0 Å². The second-order valence-corrected chi connectivity index (χ2v) is 5.43. The quantitative estimate of drug-likeness (QED) is 0.792. The number of ether oxygens (including phenoxy) is 1. The second kappa shape index (κ2) is 5.42. The molecular formula is C15H18N3O4+. The topological polar surface area (TPSA) is 98.3 Å². The van der Waals surface area contributed by atoms with Crippen LogP contribution < -0.4 is 20.7 Å². The molecule has 116 valence electrons. The maximum absolute atomic E-state index is 12.5. The molecule has 2 aromatic rings. The fourth-order valence-electron chi connectivity index (χ4n) is 2.89. The monoisotopic (exact) mass is 304 g/mol. The molecule has 22 heavy (non-hydrogen) atoms. The highest BCUT2D eigenvalue weighted by atomic mass is 16.6. The zero-order chi connectivity index (χ0) is 15.9. The number of amides is 1. The number of nitrogens with two attached hydrogens (primary N) is 1. The van der Waals surface area contributed by atoms with Crippen LogP contribution in [0.25, 0.3) is 10.9 Å². The number of fused-ring (bicyclic) bond motifs is 1. The van der Waals surface area contributed by atoms with Gasteiger partial charge in [0.25, 0.3) is 0 Å². The number of aromatic nitrogens is 2. The number of hydrogen-bond acceptors (Lipinski definition) is 4. The van der Waals surface area contributed by atoms with E-state index in [1.54, 1.807) is 12.3 Å². The molecule has 2 unspecified atom stereocenters. The molecule has 0 aromatic carbocycles. The van der Waals surface area contributed by atoms with Gasteiger partial charge in [0.05, 0.1) is 17.7 Å². The molecule has 2 aromatic heterocycles. The minimum atomic E-state index is -0.726. The van der Waals surface area contributed by atoms with Gasteiger partial charge < -0.3 is 15.5 Å². The Kier molecular flexibility index (Phi) is 3.58. The van der Waals surface area contributed by atoms with Crippen LogP contribution in [0.3, 0.4) is 0 Å². The minimum Gasteiger partial charge on any atom is -0.369 e. The standard InChI is InChI=1S/C15H17N3O4/c1-8-3-4-12(22-8)10-7-11(19)13-9(17-10)5-6-18(21-2)14(13)15(16)20/h5-8,12H,3-4H2,1-2H3,(H2,16,20)/p+1. The van der Waals surface area contributed by atoms with Gasteiger partial charge in [-0.15, -0.1) is 0 Å². The van der Waals surface area contributed by atoms with Crippen molar-refractivity contribution in [2.75, 3.05) is 7.11 Å². The average Bonchev–Trinajstić information content (AvgIpc) is 2.92. The zero-order valence-corrected chi connectivity index (χ0v) is 12.5. The second-order valence-electron chi connectivity index (χ2n) is 5.43. The molecule has 1 aliphatic heterocycles. The predicted molar refractivity (Wildman–Crippen MR) is 78.3 cm³/mol. The van der Waals surface area contributed by atoms with E-state index in [0.29, 0.717) is 11.2 Å². The molecule has 7 nitrogen and oxygen atoms in total. The molecule has 0 saturated carbocycles. The Bertz CT molecular complexity index is 799. The van der Waals surface area contributed by atoms with Crippen LogP contribution in [0.15, 0.2) is 23.1 Å². The van der Waals surface area contributed by atoms with Crippen molar-refractivity contribution in [2.45, 2.75) is 32.0 Å². The summed E-state index contributed by atoms with van der Waals surface area (Å²) in [6.45, 7) is 2.01. The van der Waals surface area contributed by atoms with Gasteiger partial charge in [0.15, 0.2) is 5.43 Å². The van der Waals surface area contributed by atoms with Crippen LogP contribution in [-0.4, -0.2) is 24.1 Å². The van der Waals surface area contributed by atoms with Crippen LogP contribution in [-0.2, 0) is 4.74 Å². The van der Waals surface area contributed by atoms with Crippen molar-refractivity contribution in [1.29, 1.82) is 0 Å². The lowest BCUT2D eigenvalue weighted by Gasteiger charge is -2.12. The molecule has 0 bridgehead atoms. The summed E-state index contributed by atoms with van der Waals surface area (Å²) in [6, 6.07) is 3.14. The molecule has 1 amide bonds. The highest BCUT2D eigenvalue weighted by Crippen LogP contribution is 2.31. The van der Waals surface area contributed by atoms with Crippen molar-refractivity contribution < 1.29 is 19.1 Å². The summed E-state index contributed by atoms with van der Waals surface area (Å²) in [5, 5.41) is 0.214. The van der Waals surface area contributed by atoms with Crippen molar-refractivity contribution in [3.63, 3.8) is 0 Å². The molecule has 0 radical (unpaired) electrons. The number of hydrogen-bond donors (Lipinski definition) is 2. The Morgan fingerprint density at radius 1 is 1.50 bits per heavy atom. The molecule has 3 N–H and O–H groups in total. The summed E-state index contributed by atoms with van der Waals surface area (Å²) in [6.07, 6.45) is 3.40. The van der Waals surface area contributed by atoms with Crippen LogP contribution in [0, 0.1) is 0 Å². The smallest absolute Gasteiger partial charge is 0.334 e. The van der Waals surface area contributed by atoms with Crippen LogP contribution >= 0.6 is 0 Å². The number of nitrogens with zero attached hydrogens (tertiary/aromatic N) is 1. The largest absolute Gasteiger partial charge is 0.369 e. The Morgan fingerprint density at radius 2 is 2.27 bits per heavy atom. The van der Waals surface area contributed by atoms with Gasteiger partial charge in [0.2, 0.25) is 6.20 Å². The number of pyridine rings is 2. The van der Waals surface area contributed by atoms with Crippen molar-refractivity contribution in [3.8, 4) is 0 Å². The lowest BCUT2D eigenvalue weighted by molar-refractivity contribution is -0.885. The first-order chi connectivity index (χ1) is 10.5. The summed E-state index contributed by atoms with van der Waals surface area (Å²) < 4.78 is 6.97. The van der Waals surface area contributed by atoms with E-state index in [1.807, 2.05) is 6.92 Å². The van der Waals surface area contributed by atoms with E-state index in [0.717, 1.165) is 12.8 Å². The van der Waals surface area contributed by atoms with Gasteiger partial charge >= 0.3 is 11.6 Å². The number of rotatable bonds is 3. The number of carbonyl (C=O) groups excluding carboxylic acids is 1. The molecule has 7 heteroatoms. The maximum atomic E-state index is 12.5. The third-order valence-electron chi connectivity index (χ3n) is 3.92. The fourth-order valence-corrected chi connectivity index (χ4v) is 2.89. The van der Waals surface area contributed by atoms with Crippen LogP contribution in [0.1, 0.15) is 42.1 Å². The normalized spacial score (nSPS) is 21.2. The Balaban J connectivity index is 2.20. The van der Waals surface area contributed by atoms with E-state index < -0.39 is 5.91 Å². The highest BCUT2D eigenvalue weighted by Gasteiger charge is 2.28. The Hall–Kier alpha value is -2.41. The molecule has 1 aliphatic rings. The fraction of sp³-hybridized carbons (Fsp3) is 0.400. The van der Waals surface area contributed by atoms with Gasteiger partial charge in [-0.05, 0) is 19.8 Å². The summed E-state index contributed by atoms with van der Waals surface area (Å²) in [4.78, 5) is 32.4. The van der Waals surface area contributed by atoms with Crippen molar-refractivity contribution in [3.05, 3.63) is 39.9 Å². The Labute approximate surface area is 126 Å². The SMILES string of the molecule is CO[n+]1ccc2[nH]c(C3CCC(C)O3)cc(=O)c2c1C(N)=O. The third-order valence-corrected chi connectivity index (χ3v) is 3.92. The molecular weight excluding hydrogens is 286 g/mol. The summed E-state index contributed by atoms with van der Waals surface area (Å²) in [5.41, 5.74) is 6.37. The van der Waals surface area contributed by atoms with E-state index in [1.165, 1.54) is 17.9 Å². The summed E-state index contributed by atoms with van der Waals surface area (Å²) in [7, 11) is 1.40. The van der Waals surface area contributed by atoms with E-state index in [2.05, 4.69) is 4.98 Å². The number of aromatic amines is 1. The average molecular weight is 304 g/mol. The van der Waals surface area contributed by atoms with E-state index in [9.17, 15) is 9.59 Å². The summed E-state index contributed by atoms with van der Waals surface area (Å²) >= 11 is 0. The highest BCUT2D eigenvalue weighted by molar-refractivity contribution is 6.01. The molecule has 1 saturated heterocycles. The molecule has 3 rings (SSSR count). The van der Waals surface area contributed by atoms with Crippen molar-refractivity contribution in [2.24, 2.45) is 5.73 Å². The first kappa shape index (κ1) is 14.5. The van der Waals surface area contributed by atoms with Crippen LogP contribution in [0.5, 0.6) is 0 Å². The van der Waals surface area contributed by atoms with Gasteiger partial charge in [-0.1, -0.05) is 0 Å². The number of carbonyl (C=O) groups is 1. The van der Waals surface area contributed by atoms with Gasteiger partial charge in [-0.3, -0.25) is 14.4 Å². The van der Waals surface area contributed by atoms with E-state index in [-0.39, 0.29) is 28.7 Å². The van der Waals surface area contributed by atoms with Gasteiger partial charge in [0, 0.05) is 22.6 Å². The van der Waals surface area contributed by atoms with Gasteiger partial charge in [0.1, 0.15) is 12.5 Å². The lowest BCUT2D eigenvalue weighted by Crippen LogP contribution is -2.48. The van der Waals surface area contributed by atoms with Gasteiger partial charge in [-0.2, -0.15) is 0 Å². The zero-order valence-electron chi connectivity index (χ0n) is 12.5. The Morgan fingerprint density at radius 3 is 2.86 bits per heavy atom. The van der Waals surface area contributed by atoms with E-state index in [4.69, 9.17) is 15.3 Å². The van der Waals surface area contributed by atoms with E-state index >= 15 is 0 Å². The van der Waals surface area contributed by atoms with Crippen LogP contribution in [0.2, 0.25) is 0 Å². The number of nitrogens with one attached hydrogen (secondary N) is 1. The first-order valence-corrected chi connectivity index (χ1v) is 7.12. The molecule has 1 fully saturated rings. The van der Waals surface area contributed by atoms with Gasteiger partial charge in [-0.25, -0.2) is 0 Å². The van der Waals surface area contributed by atoms with Crippen molar-refractivity contribution >= 4 is 16.8 Å². The maximum Gasteiger partial charge on any atom is 0.334 e. The predicted octanol–water partition coefficient (Wildman–Crippen LogP) is 0.213. The molecule has 0 aliphatic carbocycles. The first-order valence-electron chi connectivity index (χ1n) is 7.12. The lowest BCUT2D eigenvalue weighted by atomic mass is 10.1.